The maximum absolute atomic E-state index is 11.1. The van der Waals surface area contributed by atoms with Gasteiger partial charge in [-0.05, 0) is 13.0 Å². The molecule has 87 valence electrons. The molecule has 0 saturated carbocycles. The number of esters is 2. The van der Waals surface area contributed by atoms with E-state index in [2.05, 4.69) is 0 Å². The molecule has 0 heterocycles. The molecule has 0 aliphatic carbocycles. The van der Waals surface area contributed by atoms with E-state index in [1.807, 2.05) is 0 Å². The number of rotatable bonds is 6. The molecule has 0 rings (SSSR count). The maximum Gasteiger partial charge on any atom is 0.331 e. The minimum absolute atomic E-state index is 0.0317. The zero-order valence-corrected chi connectivity index (χ0v) is 9.41. The number of hydrogen-bond donors (Lipinski definition) is 1. The molecule has 0 aromatic rings. The maximum atomic E-state index is 11.1. The monoisotopic (exact) mass is 216 g/mol. The lowest BCUT2D eigenvalue weighted by molar-refractivity contribution is -0.165. The first-order valence-corrected chi connectivity index (χ1v) is 4.93. The molecule has 0 amide bonds. The third-order valence-electron chi connectivity index (χ3n) is 1.56. The van der Waals surface area contributed by atoms with Crippen LogP contribution in [-0.2, 0) is 19.1 Å². The van der Waals surface area contributed by atoms with Gasteiger partial charge in [-0.3, -0.25) is 9.59 Å². The second-order valence-electron chi connectivity index (χ2n) is 3.43. The van der Waals surface area contributed by atoms with Crippen molar-refractivity contribution in [2.45, 2.75) is 33.6 Å². The van der Waals surface area contributed by atoms with Crippen molar-refractivity contribution in [2.24, 2.45) is 11.7 Å². The zero-order valence-electron chi connectivity index (χ0n) is 9.41. The molecular weight excluding hydrogens is 198 g/mol. The third kappa shape index (κ3) is 6.90. The third-order valence-corrected chi connectivity index (χ3v) is 1.56. The summed E-state index contributed by atoms with van der Waals surface area (Å²) in [5.41, 5.74) is 5.23. The van der Waals surface area contributed by atoms with Gasteiger partial charge in [-0.2, -0.15) is 0 Å². The second-order valence-corrected chi connectivity index (χ2v) is 3.43. The van der Waals surface area contributed by atoms with Gasteiger partial charge < -0.3 is 15.2 Å². The number of ether oxygens (including phenoxy) is 2. The highest BCUT2D eigenvalue weighted by molar-refractivity contribution is 5.73. The molecule has 0 aliphatic heterocycles. The number of carbonyl (C=O) groups excluding carboxylic acids is 2. The molecule has 0 aromatic heterocycles. The smallest absolute Gasteiger partial charge is 0.331 e. The van der Waals surface area contributed by atoms with Gasteiger partial charge in [0.2, 0.25) is 0 Å². The Labute approximate surface area is 89.9 Å². The van der Waals surface area contributed by atoms with E-state index in [-0.39, 0.29) is 18.6 Å². The lowest BCUT2D eigenvalue weighted by Gasteiger charge is -2.12. The topological polar surface area (TPSA) is 78.6 Å². The van der Waals surface area contributed by atoms with Gasteiger partial charge in [0, 0.05) is 13.3 Å². The summed E-state index contributed by atoms with van der Waals surface area (Å²) < 4.78 is 9.52. The van der Waals surface area contributed by atoms with Crippen molar-refractivity contribution in [2.75, 3.05) is 6.54 Å². The highest BCUT2D eigenvalue weighted by Crippen LogP contribution is 2.09. The predicted molar refractivity (Wildman–Crippen MR) is 54.2 cm³/mol. The second kappa shape index (κ2) is 7.23. The van der Waals surface area contributed by atoms with E-state index in [0.717, 1.165) is 0 Å². The lowest BCUT2D eigenvalue weighted by Crippen LogP contribution is -2.19. The van der Waals surface area contributed by atoms with Crippen LogP contribution in [0.2, 0.25) is 0 Å². The van der Waals surface area contributed by atoms with Gasteiger partial charge in [0.25, 0.3) is 0 Å². The van der Waals surface area contributed by atoms with Crippen LogP contribution in [0.3, 0.4) is 0 Å². The minimum Gasteiger partial charge on any atom is -0.415 e. The Bertz CT molecular complexity index is 215. The molecule has 0 spiro atoms. The van der Waals surface area contributed by atoms with Crippen molar-refractivity contribution in [3.8, 4) is 0 Å². The van der Waals surface area contributed by atoms with Crippen LogP contribution in [0.5, 0.6) is 0 Å². The first kappa shape index (κ1) is 13.9. The fraction of sp³-hybridized carbons (Fsp3) is 0.700. The van der Waals surface area contributed by atoms with Gasteiger partial charge in [0.1, 0.15) is 0 Å². The van der Waals surface area contributed by atoms with Crippen LogP contribution in [0.1, 0.15) is 33.6 Å². The fourth-order valence-electron chi connectivity index (χ4n) is 0.738. The van der Waals surface area contributed by atoms with E-state index in [1.54, 1.807) is 13.8 Å². The Balaban J connectivity index is 3.77. The van der Waals surface area contributed by atoms with E-state index in [1.165, 1.54) is 6.92 Å². The molecule has 0 saturated heterocycles. The van der Waals surface area contributed by atoms with Gasteiger partial charge in [0.05, 0.1) is 5.92 Å². The van der Waals surface area contributed by atoms with Crippen LogP contribution in [0.25, 0.3) is 0 Å². The molecule has 0 unspecified atom stereocenters. The van der Waals surface area contributed by atoms with Crippen LogP contribution >= 0.6 is 0 Å². The van der Waals surface area contributed by atoms with E-state index in [4.69, 9.17) is 15.2 Å². The number of hydrogen-bond acceptors (Lipinski definition) is 5. The summed E-state index contributed by atoms with van der Waals surface area (Å²) >= 11 is 0. The summed E-state index contributed by atoms with van der Waals surface area (Å²) in [5, 5.41) is 0. The minimum atomic E-state index is -0.436. The Hall–Kier alpha value is -1.10. The Morgan fingerprint density at radius 3 is 2.33 bits per heavy atom. The normalized spacial score (nSPS) is 10.5. The summed E-state index contributed by atoms with van der Waals surface area (Å²) in [6.07, 6.45) is 0.757. The molecule has 15 heavy (non-hydrogen) atoms. The van der Waals surface area contributed by atoms with Gasteiger partial charge >= 0.3 is 18.2 Å². The van der Waals surface area contributed by atoms with E-state index < -0.39 is 11.9 Å². The largest absolute Gasteiger partial charge is 0.415 e. The molecule has 2 N–H and O–H groups in total. The van der Waals surface area contributed by atoms with Gasteiger partial charge in [-0.25, -0.2) is 0 Å². The number of carbonyl (C=O) groups is 2. The van der Waals surface area contributed by atoms with Crippen molar-refractivity contribution in [1.29, 1.82) is 0 Å². The van der Waals surface area contributed by atoms with Gasteiger partial charge in [0.15, 0.2) is 0 Å². The van der Waals surface area contributed by atoms with Crippen LogP contribution in [-0.4, -0.2) is 18.5 Å². The standard InChI is InChI=1S/C10H18NO4/c1-7(2)10(13)15-8(3)14-9(12)5-4-6-11/h7H,4-6,11H2,1-3H3. The molecule has 0 fully saturated rings. The SMILES string of the molecule is C[C](OC(=O)CCCN)OC(=O)C(C)C. The Kier molecular flexibility index (Phi) is 6.70. The quantitative estimate of drug-likeness (QED) is 0.669. The fourth-order valence-corrected chi connectivity index (χ4v) is 0.738. The van der Waals surface area contributed by atoms with Gasteiger partial charge in [-0.1, -0.05) is 13.8 Å². The van der Waals surface area contributed by atoms with Crippen molar-refractivity contribution >= 4 is 11.9 Å². The average molecular weight is 216 g/mol. The van der Waals surface area contributed by atoms with Crippen molar-refractivity contribution in [3.63, 3.8) is 0 Å². The van der Waals surface area contributed by atoms with Crippen LogP contribution in [0.4, 0.5) is 0 Å². The van der Waals surface area contributed by atoms with E-state index in [0.29, 0.717) is 13.0 Å². The van der Waals surface area contributed by atoms with Crippen molar-refractivity contribution in [3.05, 3.63) is 6.29 Å². The van der Waals surface area contributed by atoms with Crippen LogP contribution < -0.4 is 5.73 Å². The highest BCUT2D eigenvalue weighted by Gasteiger charge is 2.17. The van der Waals surface area contributed by atoms with E-state index >= 15 is 0 Å². The molecule has 0 aromatic carbocycles. The van der Waals surface area contributed by atoms with Crippen molar-refractivity contribution in [1.82, 2.24) is 0 Å². The molecular formula is C10H18NO4. The summed E-state index contributed by atoms with van der Waals surface area (Å²) in [6.45, 7) is 5.26. The molecule has 0 bridgehead atoms. The zero-order chi connectivity index (χ0) is 11.8. The summed E-state index contributed by atoms with van der Waals surface area (Å²) in [7, 11) is 0. The summed E-state index contributed by atoms with van der Waals surface area (Å²) in [4.78, 5) is 22.2. The molecule has 0 atom stereocenters. The van der Waals surface area contributed by atoms with E-state index in [9.17, 15) is 9.59 Å². The molecule has 5 nitrogen and oxygen atoms in total. The number of nitrogens with two attached hydrogens (primary N) is 1. The molecule has 1 radical (unpaired) electrons. The highest BCUT2D eigenvalue weighted by atomic mass is 16.7. The summed E-state index contributed by atoms with van der Waals surface area (Å²) in [5.74, 6) is -1.10. The summed E-state index contributed by atoms with van der Waals surface area (Å²) in [6, 6.07) is 0. The van der Waals surface area contributed by atoms with Crippen LogP contribution in [0.15, 0.2) is 0 Å². The Morgan fingerprint density at radius 1 is 1.27 bits per heavy atom. The first-order valence-electron chi connectivity index (χ1n) is 4.93. The van der Waals surface area contributed by atoms with Crippen molar-refractivity contribution < 1.29 is 19.1 Å². The average Bonchev–Trinajstić information content (AvgIpc) is 2.14. The molecule has 5 heteroatoms. The molecule has 0 aliphatic rings. The Morgan fingerprint density at radius 2 is 1.87 bits per heavy atom. The lowest BCUT2D eigenvalue weighted by atomic mass is 10.2. The van der Waals surface area contributed by atoms with Gasteiger partial charge in [-0.15, -0.1) is 0 Å². The van der Waals surface area contributed by atoms with Crippen LogP contribution in [0, 0.1) is 12.2 Å². The first-order chi connectivity index (χ1) is 6.97. The predicted octanol–water partition coefficient (Wildman–Crippen LogP) is 0.977.